The van der Waals surface area contributed by atoms with Crippen molar-refractivity contribution in [3.8, 4) is 0 Å². The fourth-order valence-corrected chi connectivity index (χ4v) is 1.61. The first kappa shape index (κ1) is 22.0. The van der Waals surface area contributed by atoms with Crippen LogP contribution in [0.1, 0.15) is 0 Å². The van der Waals surface area contributed by atoms with Crippen LogP contribution >= 0.6 is 12.2 Å². The maximum absolute atomic E-state index is 9.90. The predicted octanol–water partition coefficient (Wildman–Crippen LogP) is -0.543. The molecule has 132 valence electrons. The summed E-state index contributed by atoms with van der Waals surface area (Å²) in [5.41, 5.74) is 1.21. The first-order chi connectivity index (χ1) is 11.4. The lowest BCUT2D eigenvalue weighted by molar-refractivity contribution is -0.136. The highest BCUT2D eigenvalue weighted by Crippen LogP contribution is 2.09. The lowest BCUT2D eigenvalue weighted by Crippen LogP contribution is -2.46. The fourth-order valence-electron chi connectivity index (χ4n) is 1.61. The first-order valence-electron chi connectivity index (χ1n) is 6.77. The number of aliphatic hydroxyl groups excluding tert-OH is 5. The molecule has 0 amide bonds. The number of thiocarbonyl (C=S) groups is 1. The number of hydrogen-bond donors (Lipinski definition) is 7. The van der Waals surface area contributed by atoms with Crippen LogP contribution in [0.3, 0.4) is 0 Å². The molecule has 0 saturated heterocycles. The number of isothiocyanates is 1. The first-order valence-corrected chi connectivity index (χ1v) is 7.18. The van der Waals surface area contributed by atoms with Gasteiger partial charge in [0, 0.05) is 11.7 Å². The van der Waals surface area contributed by atoms with Crippen LogP contribution in [0.2, 0.25) is 0 Å². The summed E-state index contributed by atoms with van der Waals surface area (Å²) in [6.45, 7) is -0.760. The summed E-state index contributed by atoms with van der Waals surface area (Å²) in [5.74, 6) is 0. The molecule has 1 heterocycles. The fraction of sp³-hybridized carbons (Fsp3) is 0.333. The molecule has 0 spiro atoms. The highest BCUT2D eigenvalue weighted by molar-refractivity contribution is 7.78. The molecular formula is C15H20N2O6S. The third-order valence-corrected chi connectivity index (χ3v) is 2.88. The van der Waals surface area contributed by atoms with Gasteiger partial charge in [0.25, 0.3) is 0 Å². The Balaban J connectivity index is 0.000000386. The molecule has 2 rings (SSSR count). The van der Waals surface area contributed by atoms with E-state index < -0.39 is 31.0 Å². The number of carbonyl (C=O) groups is 1. The molecule has 9 heteroatoms. The molecule has 0 aliphatic rings. The molecular weight excluding hydrogens is 336 g/mol. The number of para-hydroxylation sites is 1. The van der Waals surface area contributed by atoms with Gasteiger partial charge in [-0.2, -0.15) is 0 Å². The SMILES string of the molecule is N=C=S.O=CC(O)C(O)C(O)C(O)CO.c1ccc2[nH]ccc2c1. The maximum Gasteiger partial charge on any atom is 0.151 e. The van der Waals surface area contributed by atoms with Crippen molar-refractivity contribution in [2.45, 2.75) is 24.4 Å². The van der Waals surface area contributed by atoms with Crippen LogP contribution in [0.25, 0.3) is 10.9 Å². The minimum Gasteiger partial charge on any atom is -0.394 e. The number of carbonyl (C=O) groups excluding carboxylic acids is 1. The van der Waals surface area contributed by atoms with E-state index in [0.29, 0.717) is 0 Å². The van der Waals surface area contributed by atoms with E-state index in [1.54, 1.807) is 5.16 Å². The Morgan fingerprint density at radius 2 is 1.75 bits per heavy atom. The molecule has 4 atom stereocenters. The lowest BCUT2D eigenvalue weighted by Gasteiger charge is -2.22. The van der Waals surface area contributed by atoms with Gasteiger partial charge < -0.3 is 35.3 Å². The topological polar surface area (TPSA) is 158 Å². The monoisotopic (exact) mass is 356 g/mol. The van der Waals surface area contributed by atoms with E-state index in [-0.39, 0.29) is 6.29 Å². The quantitative estimate of drug-likeness (QED) is 0.215. The Morgan fingerprint density at radius 1 is 1.17 bits per heavy atom. The summed E-state index contributed by atoms with van der Waals surface area (Å²) in [4.78, 5) is 13.0. The van der Waals surface area contributed by atoms with Crippen LogP contribution in [0.5, 0.6) is 0 Å². The van der Waals surface area contributed by atoms with E-state index in [2.05, 4.69) is 35.4 Å². The number of hydrogen-bond acceptors (Lipinski definition) is 8. The number of aromatic amines is 1. The van der Waals surface area contributed by atoms with E-state index in [0.717, 1.165) is 0 Å². The number of nitrogens with one attached hydrogen (secondary N) is 2. The second-order valence-electron chi connectivity index (χ2n) is 4.52. The highest BCUT2D eigenvalue weighted by atomic mass is 32.1. The van der Waals surface area contributed by atoms with Gasteiger partial charge in [0.1, 0.15) is 24.4 Å². The Labute approximate surface area is 143 Å². The van der Waals surface area contributed by atoms with Gasteiger partial charge in [-0.3, -0.25) is 0 Å². The average molecular weight is 356 g/mol. The Kier molecular flexibility index (Phi) is 11.4. The Hall–Kier alpha value is -1.97. The van der Waals surface area contributed by atoms with Crippen LogP contribution in [-0.4, -0.2) is 73.0 Å². The molecule has 1 aromatic heterocycles. The van der Waals surface area contributed by atoms with Gasteiger partial charge in [-0.05, 0) is 29.7 Å². The maximum atomic E-state index is 9.90. The van der Waals surface area contributed by atoms with Crippen molar-refractivity contribution in [1.29, 1.82) is 5.41 Å². The molecule has 2 aromatic rings. The zero-order valence-corrected chi connectivity index (χ0v) is 13.4. The molecule has 24 heavy (non-hydrogen) atoms. The van der Waals surface area contributed by atoms with Crippen molar-refractivity contribution in [1.82, 2.24) is 4.98 Å². The summed E-state index contributed by atoms with van der Waals surface area (Å²) in [6, 6.07) is 10.3. The van der Waals surface area contributed by atoms with Crippen molar-refractivity contribution in [2.24, 2.45) is 0 Å². The van der Waals surface area contributed by atoms with Crippen LogP contribution in [0, 0.1) is 5.41 Å². The number of benzene rings is 1. The number of aromatic nitrogens is 1. The van der Waals surface area contributed by atoms with Crippen molar-refractivity contribution < 1.29 is 30.3 Å². The lowest BCUT2D eigenvalue weighted by atomic mass is 10.0. The second kappa shape index (κ2) is 12.5. The number of fused-ring (bicyclic) bond motifs is 1. The van der Waals surface area contributed by atoms with Gasteiger partial charge in [-0.15, -0.1) is 0 Å². The van der Waals surface area contributed by atoms with E-state index >= 15 is 0 Å². The molecule has 1 aromatic carbocycles. The third-order valence-electron chi connectivity index (χ3n) is 2.88. The average Bonchev–Trinajstić information content (AvgIpc) is 3.09. The van der Waals surface area contributed by atoms with E-state index in [9.17, 15) is 4.79 Å². The van der Waals surface area contributed by atoms with Crippen molar-refractivity contribution in [2.75, 3.05) is 6.61 Å². The van der Waals surface area contributed by atoms with Crippen LogP contribution in [0.15, 0.2) is 36.5 Å². The summed E-state index contributed by atoms with van der Waals surface area (Å²) in [5, 5.41) is 52.2. The van der Waals surface area contributed by atoms with Crippen LogP contribution in [-0.2, 0) is 4.79 Å². The summed E-state index contributed by atoms with van der Waals surface area (Å²) >= 11 is 3.81. The minimum atomic E-state index is -1.79. The molecule has 0 saturated carbocycles. The number of aldehydes is 1. The number of rotatable bonds is 5. The van der Waals surface area contributed by atoms with Gasteiger partial charge in [0.2, 0.25) is 0 Å². The Bertz CT molecular complexity index is 599. The van der Waals surface area contributed by atoms with Crippen LogP contribution in [0.4, 0.5) is 0 Å². The molecule has 0 bridgehead atoms. The van der Waals surface area contributed by atoms with E-state index in [1.165, 1.54) is 10.9 Å². The van der Waals surface area contributed by atoms with Gasteiger partial charge in [-0.1, -0.05) is 18.2 Å². The molecule has 4 unspecified atom stereocenters. The second-order valence-corrected chi connectivity index (χ2v) is 4.73. The minimum absolute atomic E-state index is 0.0258. The summed E-state index contributed by atoms with van der Waals surface area (Å²) in [7, 11) is 0. The standard InChI is InChI=1S/C8H7N.C6H12O6.CHNS/c1-2-4-8-7(3-1)5-6-9-8;7-1-3(9)5(11)6(12)4(10)2-8;2-1-3/h1-6,9H;1,3-6,8-12H,2H2;2H. The highest BCUT2D eigenvalue weighted by Gasteiger charge is 2.29. The zero-order valence-electron chi connectivity index (χ0n) is 12.6. The number of aliphatic hydroxyl groups is 5. The van der Waals surface area contributed by atoms with Crippen molar-refractivity contribution >= 4 is 34.6 Å². The molecule has 0 aliphatic heterocycles. The van der Waals surface area contributed by atoms with Crippen molar-refractivity contribution in [3.05, 3.63) is 36.5 Å². The van der Waals surface area contributed by atoms with E-state index in [1.807, 2.05) is 18.3 Å². The molecule has 0 radical (unpaired) electrons. The summed E-state index contributed by atoms with van der Waals surface area (Å²) < 4.78 is 0. The smallest absolute Gasteiger partial charge is 0.151 e. The Morgan fingerprint density at radius 3 is 2.25 bits per heavy atom. The normalized spacial score (nSPS) is 14.7. The third kappa shape index (κ3) is 7.53. The van der Waals surface area contributed by atoms with Gasteiger partial charge in [0.05, 0.1) is 11.8 Å². The van der Waals surface area contributed by atoms with Gasteiger partial charge >= 0.3 is 0 Å². The molecule has 0 aliphatic carbocycles. The number of H-pyrrole nitrogens is 1. The van der Waals surface area contributed by atoms with E-state index in [4.69, 9.17) is 30.9 Å². The van der Waals surface area contributed by atoms with Crippen LogP contribution < -0.4 is 0 Å². The van der Waals surface area contributed by atoms with Gasteiger partial charge in [-0.25, -0.2) is 5.41 Å². The summed E-state index contributed by atoms with van der Waals surface area (Å²) in [6.07, 6.45) is -4.89. The van der Waals surface area contributed by atoms with Crippen molar-refractivity contribution in [3.63, 3.8) is 0 Å². The molecule has 0 fully saturated rings. The predicted molar refractivity (Wildman–Crippen MR) is 90.8 cm³/mol. The zero-order chi connectivity index (χ0) is 18.5. The largest absolute Gasteiger partial charge is 0.394 e. The molecule has 8 nitrogen and oxygen atoms in total. The van der Waals surface area contributed by atoms with Gasteiger partial charge in [0.15, 0.2) is 6.29 Å². The molecule has 7 N–H and O–H groups in total.